The summed E-state index contributed by atoms with van der Waals surface area (Å²) in [6, 6.07) is 15.2. The molecule has 0 atom stereocenters. The Labute approximate surface area is 158 Å². The molecule has 1 aliphatic rings. The molecule has 0 amide bonds. The van der Waals surface area contributed by atoms with Crippen LogP contribution in [0.4, 0.5) is 0 Å². The zero-order valence-electron chi connectivity index (χ0n) is 14.8. The molecule has 1 heterocycles. The SMILES string of the molecule is COC(=O)c1ccc(/C=N/N2CCN(Cc3ccccc3Cl)CC2)cc1. The zero-order valence-corrected chi connectivity index (χ0v) is 15.5. The topological polar surface area (TPSA) is 45.1 Å². The molecular formula is C20H22ClN3O2. The van der Waals surface area contributed by atoms with Crippen LogP contribution in [0.5, 0.6) is 0 Å². The lowest BCUT2D eigenvalue weighted by Gasteiger charge is -2.33. The molecule has 1 fully saturated rings. The Morgan fingerprint density at radius 1 is 1.12 bits per heavy atom. The normalized spacial score (nSPS) is 15.4. The lowest BCUT2D eigenvalue weighted by Crippen LogP contribution is -2.43. The minimum atomic E-state index is -0.330. The monoisotopic (exact) mass is 371 g/mol. The lowest BCUT2D eigenvalue weighted by molar-refractivity contribution is 0.0600. The second-order valence-electron chi connectivity index (χ2n) is 6.18. The van der Waals surface area contributed by atoms with Crippen LogP contribution in [0.2, 0.25) is 5.02 Å². The Kier molecular flexibility index (Phi) is 6.26. The number of halogens is 1. The highest BCUT2D eigenvalue weighted by Gasteiger charge is 2.16. The van der Waals surface area contributed by atoms with Crippen LogP contribution in [0.1, 0.15) is 21.5 Å². The van der Waals surface area contributed by atoms with Crippen molar-refractivity contribution in [1.82, 2.24) is 9.91 Å². The molecule has 0 bridgehead atoms. The van der Waals surface area contributed by atoms with Gasteiger partial charge in [-0.1, -0.05) is 41.9 Å². The van der Waals surface area contributed by atoms with Gasteiger partial charge >= 0.3 is 5.97 Å². The standard InChI is InChI=1S/C20H22ClN3O2/c1-26-20(25)17-8-6-16(7-9-17)14-22-24-12-10-23(11-13-24)15-18-4-2-3-5-19(18)21/h2-9,14H,10-13,15H2,1H3/b22-14+. The van der Waals surface area contributed by atoms with E-state index in [1.165, 1.54) is 7.11 Å². The van der Waals surface area contributed by atoms with Crippen molar-refractivity contribution in [2.75, 3.05) is 33.3 Å². The second-order valence-corrected chi connectivity index (χ2v) is 6.59. The number of piperazine rings is 1. The smallest absolute Gasteiger partial charge is 0.337 e. The average Bonchev–Trinajstić information content (AvgIpc) is 2.69. The van der Waals surface area contributed by atoms with Crippen molar-refractivity contribution in [1.29, 1.82) is 0 Å². The van der Waals surface area contributed by atoms with E-state index in [0.717, 1.165) is 48.9 Å². The highest BCUT2D eigenvalue weighted by Crippen LogP contribution is 2.18. The summed E-state index contributed by atoms with van der Waals surface area (Å²) in [6.45, 7) is 4.52. The number of carbonyl (C=O) groups excluding carboxylic acids is 1. The lowest BCUT2D eigenvalue weighted by atomic mass is 10.1. The number of hydrogen-bond donors (Lipinski definition) is 0. The van der Waals surface area contributed by atoms with Gasteiger partial charge in [0, 0.05) is 37.7 Å². The number of ether oxygens (including phenoxy) is 1. The first-order valence-electron chi connectivity index (χ1n) is 8.59. The second kappa shape index (κ2) is 8.83. The molecule has 0 unspecified atom stereocenters. The summed E-state index contributed by atoms with van der Waals surface area (Å²) in [7, 11) is 1.38. The van der Waals surface area contributed by atoms with Crippen molar-refractivity contribution in [3.63, 3.8) is 0 Å². The summed E-state index contributed by atoms with van der Waals surface area (Å²) < 4.78 is 4.70. The van der Waals surface area contributed by atoms with Crippen LogP contribution in [0.15, 0.2) is 53.6 Å². The highest BCUT2D eigenvalue weighted by molar-refractivity contribution is 6.31. The first-order valence-corrected chi connectivity index (χ1v) is 8.96. The van der Waals surface area contributed by atoms with E-state index in [-0.39, 0.29) is 5.97 Å². The van der Waals surface area contributed by atoms with E-state index in [1.54, 1.807) is 12.1 Å². The number of nitrogens with zero attached hydrogens (tertiary/aromatic N) is 3. The zero-order chi connectivity index (χ0) is 18.4. The Morgan fingerprint density at radius 3 is 2.46 bits per heavy atom. The number of methoxy groups -OCH3 is 1. The summed E-state index contributed by atoms with van der Waals surface area (Å²) in [5, 5.41) is 7.44. The molecule has 0 aromatic heterocycles. The molecule has 2 aromatic carbocycles. The van der Waals surface area contributed by atoms with Gasteiger partial charge in [-0.3, -0.25) is 9.91 Å². The van der Waals surface area contributed by atoms with Gasteiger partial charge in [0.2, 0.25) is 0 Å². The van der Waals surface area contributed by atoms with Crippen LogP contribution >= 0.6 is 11.6 Å². The van der Waals surface area contributed by atoms with Crippen LogP contribution in [-0.4, -0.2) is 55.4 Å². The maximum atomic E-state index is 11.4. The van der Waals surface area contributed by atoms with Gasteiger partial charge in [-0.15, -0.1) is 0 Å². The number of hydrazone groups is 1. The van der Waals surface area contributed by atoms with Gasteiger partial charge in [0.1, 0.15) is 0 Å². The summed E-state index contributed by atoms with van der Waals surface area (Å²) in [4.78, 5) is 13.8. The van der Waals surface area contributed by atoms with Gasteiger partial charge in [0.25, 0.3) is 0 Å². The van der Waals surface area contributed by atoms with Gasteiger partial charge in [-0.2, -0.15) is 5.10 Å². The van der Waals surface area contributed by atoms with Crippen LogP contribution in [0.25, 0.3) is 0 Å². The third-order valence-electron chi connectivity index (χ3n) is 4.40. The number of hydrogen-bond acceptors (Lipinski definition) is 5. The maximum Gasteiger partial charge on any atom is 0.337 e. The van der Waals surface area contributed by atoms with Crippen LogP contribution in [0, 0.1) is 0 Å². The Balaban J connectivity index is 1.50. The third-order valence-corrected chi connectivity index (χ3v) is 4.77. The first kappa shape index (κ1) is 18.4. The molecule has 136 valence electrons. The van der Waals surface area contributed by atoms with E-state index in [2.05, 4.69) is 21.1 Å². The van der Waals surface area contributed by atoms with E-state index in [0.29, 0.717) is 5.56 Å². The molecule has 0 radical (unpaired) electrons. The summed E-state index contributed by atoms with van der Waals surface area (Å²) in [5.74, 6) is -0.330. The van der Waals surface area contributed by atoms with Crippen LogP contribution in [-0.2, 0) is 11.3 Å². The van der Waals surface area contributed by atoms with E-state index in [4.69, 9.17) is 16.3 Å². The quantitative estimate of drug-likeness (QED) is 0.597. The predicted molar refractivity (Wildman–Crippen MR) is 104 cm³/mol. The summed E-state index contributed by atoms with van der Waals surface area (Å²) >= 11 is 6.24. The van der Waals surface area contributed by atoms with Gasteiger partial charge in [-0.25, -0.2) is 4.79 Å². The fourth-order valence-corrected chi connectivity index (χ4v) is 3.05. The fourth-order valence-electron chi connectivity index (χ4n) is 2.85. The van der Waals surface area contributed by atoms with Gasteiger partial charge < -0.3 is 4.74 Å². The molecule has 26 heavy (non-hydrogen) atoms. The molecule has 0 spiro atoms. The molecule has 2 aromatic rings. The van der Waals surface area contributed by atoms with Gasteiger partial charge in [-0.05, 0) is 29.3 Å². The highest BCUT2D eigenvalue weighted by atomic mass is 35.5. The molecular weight excluding hydrogens is 350 g/mol. The number of esters is 1. The number of benzene rings is 2. The summed E-state index contributed by atoms with van der Waals surface area (Å²) in [5.41, 5.74) is 2.66. The van der Waals surface area contributed by atoms with Crippen LogP contribution < -0.4 is 0 Å². The largest absolute Gasteiger partial charge is 0.465 e. The first-order chi connectivity index (χ1) is 12.7. The molecule has 6 heteroatoms. The molecule has 0 N–H and O–H groups in total. The minimum Gasteiger partial charge on any atom is -0.465 e. The van der Waals surface area contributed by atoms with Crippen molar-refractivity contribution >= 4 is 23.8 Å². The summed E-state index contributed by atoms with van der Waals surface area (Å²) in [6.07, 6.45) is 1.82. The molecule has 1 aliphatic heterocycles. The predicted octanol–water partition coefficient (Wildman–Crippen LogP) is 3.28. The van der Waals surface area contributed by atoms with Crippen molar-refractivity contribution in [3.8, 4) is 0 Å². The number of carbonyl (C=O) groups is 1. The molecule has 3 rings (SSSR count). The van der Waals surface area contributed by atoms with Crippen molar-refractivity contribution in [3.05, 3.63) is 70.2 Å². The molecule has 5 nitrogen and oxygen atoms in total. The van der Waals surface area contributed by atoms with Crippen molar-refractivity contribution < 1.29 is 9.53 Å². The van der Waals surface area contributed by atoms with Crippen LogP contribution in [0.3, 0.4) is 0 Å². The Hall–Kier alpha value is -2.37. The van der Waals surface area contributed by atoms with Gasteiger partial charge in [0.15, 0.2) is 0 Å². The molecule has 0 saturated carbocycles. The number of rotatable bonds is 5. The van der Waals surface area contributed by atoms with Gasteiger partial charge in [0.05, 0.1) is 18.9 Å². The third kappa shape index (κ3) is 4.84. The van der Waals surface area contributed by atoms with E-state index in [9.17, 15) is 4.79 Å². The maximum absolute atomic E-state index is 11.4. The van der Waals surface area contributed by atoms with E-state index >= 15 is 0 Å². The van der Waals surface area contributed by atoms with E-state index in [1.807, 2.05) is 36.5 Å². The van der Waals surface area contributed by atoms with Crippen molar-refractivity contribution in [2.24, 2.45) is 5.10 Å². The Morgan fingerprint density at radius 2 is 1.81 bits per heavy atom. The van der Waals surface area contributed by atoms with Crippen molar-refractivity contribution in [2.45, 2.75) is 6.54 Å². The Bertz CT molecular complexity index is 769. The average molecular weight is 372 g/mol. The van der Waals surface area contributed by atoms with E-state index < -0.39 is 0 Å². The molecule has 1 saturated heterocycles. The fraction of sp³-hybridized carbons (Fsp3) is 0.300. The minimum absolute atomic E-state index is 0.330. The molecule has 0 aliphatic carbocycles.